The van der Waals surface area contributed by atoms with E-state index in [0.29, 0.717) is 12.3 Å². The van der Waals surface area contributed by atoms with Crippen molar-refractivity contribution >= 4 is 5.71 Å². The highest BCUT2D eigenvalue weighted by Crippen LogP contribution is 2.15. The Kier molecular flexibility index (Phi) is 2.95. The standard InChI is InChI=1S/C8H13NO2/c1-2-11-8-6-4-3-5-7(8)9-10/h6,10H,2-5H2,1H3/b9-7+. The molecule has 1 aliphatic rings. The molecule has 0 aromatic rings. The predicted molar refractivity (Wildman–Crippen MR) is 42.8 cm³/mol. The number of allylic oxidation sites excluding steroid dienone is 2. The van der Waals surface area contributed by atoms with Crippen LogP contribution in [0.3, 0.4) is 0 Å². The first-order valence-electron chi connectivity index (χ1n) is 3.92. The van der Waals surface area contributed by atoms with Gasteiger partial charge in [0.15, 0.2) is 0 Å². The van der Waals surface area contributed by atoms with E-state index in [2.05, 4.69) is 5.16 Å². The van der Waals surface area contributed by atoms with E-state index >= 15 is 0 Å². The smallest absolute Gasteiger partial charge is 0.140 e. The summed E-state index contributed by atoms with van der Waals surface area (Å²) in [6, 6.07) is 0. The molecule has 0 aliphatic heterocycles. The maximum absolute atomic E-state index is 8.56. The van der Waals surface area contributed by atoms with Gasteiger partial charge in [0, 0.05) is 0 Å². The second kappa shape index (κ2) is 4.01. The maximum Gasteiger partial charge on any atom is 0.140 e. The van der Waals surface area contributed by atoms with Crippen LogP contribution in [0, 0.1) is 0 Å². The molecule has 0 spiro atoms. The van der Waals surface area contributed by atoms with Crippen molar-refractivity contribution in [1.29, 1.82) is 0 Å². The van der Waals surface area contributed by atoms with E-state index in [4.69, 9.17) is 9.94 Å². The molecule has 1 rings (SSSR count). The van der Waals surface area contributed by atoms with E-state index in [1.54, 1.807) is 0 Å². The summed E-state index contributed by atoms with van der Waals surface area (Å²) < 4.78 is 5.26. The molecule has 0 aromatic heterocycles. The first-order chi connectivity index (χ1) is 5.38. The van der Waals surface area contributed by atoms with Crippen molar-refractivity contribution in [1.82, 2.24) is 0 Å². The zero-order chi connectivity index (χ0) is 8.10. The molecule has 0 atom stereocenters. The van der Waals surface area contributed by atoms with Crippen LogP contribution in [0.5, 0.6) is 0 Å². The van der Waals surface area contributed by atoms with Gasteiger partial charge in [-0.05, 0) is 32.3 Å². The van der Waals surface area contributed by atoms with Gasteiger partial charge in [-0.15, -0.1) is 0 Å². The number of hydrogen-bond acceptors (Lipinski definition) is 3. The van der Waals surface area contributed by atoms with Crippen molar-refractivity contribution in [2.24, 2.45) is 5.16 Å². The summed E-state index contributed by atoms with van der Waals surface area (Å²) in [6.07, 6.45) is 4.87. The normalized spacial score (nSPS) is 21.5. The molecule has 0 amide bonds. The van der Waals surface area contributed by atoms with E-state index in [-0.39, 0.29) is 0 Å². The van der Waals surface area contributed by atoms with Crippen LogP contribution in [0.25, 0.3) is 0 Å². The summed E-state index contributed by atoms with van der Waals surface area (Å²) in [5.74, 6) is 0.751. The number of nitrogens with zero attached hydrogens (tertiary/aromatic N) is 1. The minimum absolute atomic E-state index is 0.630. The lowest BCUT2D eigenvalue weighted by Crippen LogP contribution is -2.10. The number of rotatable bonds is 2. The van der Waals surface area contributed by atoms with Gasteiger partial charge in [-0.3, -0.25) is 0 Å². The molecule has 0 fully saturated rings. The first-order valence-corrected chi connectivity index (χ1v) is 3.92. The molecule has 0 heterocycles. The van der Waals surface area contributed by atoms with Crippen LogP contribution in [0.4, 0.5) is 0 Å². The van der Waals surface area contributed by atoms with E-state index in [0.717, 1.165) is 25.0 Å². The molecule has 0 unspecified atom stereocenters. The Bertz CT molecular complexity index is 185. The third-order valence-corrected chi connectivity index (χ3v) is 1.65. The van der Waals surface area contributed by atoms with E-state index in [1.165, 1.54) is 0 Å². The average Bonchev–Trinajstić information content (AvgIpc) is 2.06. The SMILES string of the molecule is CCOC1=CCCC/C1=N\O. The van der Waals surface area contributed by atoms with Crippen LogP contribution < -0.4 is 0 Å². The molecule has 0 bridgehead atoms. The van der Waals surface area contributed by atoms with Crippen LogP contribution >= 0.6 is 0 Å². The third kappa shape index (κ3) is 1.97. The van der Waals surface area contributed by atoms with Gasteiger partial charge >= 0.3 is 0 Å². The fourth-order valence-electron chi connectivity index (χ4n) is 1.14. The fraction of sp³-hybridized carbons (Fsp3) is 0.625. The van der Waals surface area contributed by atoms with Gasteiger partial charge in [0.05, 0.1) is 6.61 Å². The van der Waals surface area contributed by atoms with Crippen molar-refractivity contribution in [2.75, 3.05) is 6.61 Å². The summed E-state index contributed by atoms with van der Waals surface area (Å²) in [5, 5.41) is 11.7. The number of hydrogen-bond donors (Lipinski definition) is 1. The molecule has 62 valence electrons. The first kappa shape index (κ1) is 8.11. The van der Waals surface area contributed by atoms with Gasteiger partial charge in [0.1, 0.15) is 11.5 Å². The van der Waals surface area contributed by atoms with Crippen LogP contribution in [-0.4, -0.2) is 17.5 Å². The maximum atomic E-state index is 8.56. The lowest BCUT2D eigenvalue weighted by atomic mass is 10.0. The van der Waals surface area contributed by atoms with Gasteiger partial charge in [-0.2, -0.15) is 0 Å². The number of ether oxygens (including phenoxy) is 1. The van der Waals surface area contributed by atoms with Crippen molar-refractivity contribution < 1.29 is 9.94 Å². The highest BCUT2D eigenvalue weighted by atomic mass is 16.5. The Morgan fingerprint density at radius 2 is 2.55 bits per heavy atom. The molecule has 0 saturated heterocycles. The summed E-state index contributed by atoms with van der Waals surface area (Å²) in [6.45, 7) is 2.55. The molecule has 0 saturated carbocycles. The van der Waals surface area contributed by atoms with Crippen LogP contribution in [0.2, 0.25) is 0 Å². The summed E-state index contributed by atoms with van der Waals surface area (Å²) >= 11 is 0. The van der Waals surface area contributed by atoms with Crippen molar-refractivity contribution in [3.63, 3.8) is 0 Å². The highest BCUT2D eigenvalue weighted by Gasteiger charge is 2.12. The van der Waals surface area contributed by atoms with Crippen LogP contribution in [0.15, 0.2) is 17.0 Å². The molecule has 11 heavy (non-hydrogen) atoms. The molecule has 3 nitrogen and oxygen atoms in total. The molecule has 0 radical (unpaired) electrons. The predicted octanol–water partition coefficient (Wildman–Crippen LogP) is 1.92. The molecule has 3 heteroatoms. The Hall–Kier alpha value is -0.990. The summed E-state index contributed by atoms with van der Waals surface area (Å²) in [4.78, 5) is 0. The average molecular weight is 155 g/mol. The van der Waals surface area contributed by atoms with E-state index in [9.17, 15) is 0 Å². The van der Waals surface area contributed by atoms with Gasteiger partial charge in [0.2, 0.25) is 0 Å². The van der Waals surface area contributed by atoms with Gasteiger partial charge in [0.25, 0.3) is 0 Å². The van der Waals surface area contributed by atoms with Crippen molar-refractivity contribution in [3.05, 3.63) is 11.8 Å². The zero-order valence-electron chi connectivity index (χ0n) is 6.71. The minimum Gasteiger partial charge on any atom is -0.492 e. The van der Waals surface area contributed by atoms with E-state index < -0.39 is 0 Å². The quantitative estimate of drug-likeness (QED) is 0.489. The topological polar surface area (TPSA) is 41.8 Å². The molecule has 0 aromatic carbocycles. The lowest BCUT2D eigenvalue weighted by molar-refractivity contribution is 0.239. The van der Waals surface area contributed by atoms with Gasteiger partial charge < -0.3 is 9.94 Å². The Labute approximate surface area is 66.4 Å². The Morgan fingerprint density at radius 1 is 1.73 bits per heavy atom. The summed E-state index contributed by atoms with van der Waals surface area (Å²) in [5.41, 5.74) is 0.679. The molecular formula is C8H13NO2. The largest absolute Gasteiger partial charge is 0.492 e. The van der Waals surface area contributed by atoms with Gasteiger partial charge in [-0.25, -0.2) is 0 Å². The summed E-state index contributed by atoms with van der Waals surface area (Å²) in [7, 11) is 0. The Morgan fingerprint density at radius 3 is 3.18 bits per heavy atom. The second-order valence-electron chi connectivity index (χ2n) is 2.44. The second-order valence-corrected chi connectivity index (χ2v) is 2.44. The third-order valence-electron chi connectivity index (χ3n) is 1.65. The van der Waals surface area contributed by atoms with Crippen molar-refractivity contribution in [2.45, 2.75) is 26.2 Å². The monoisotopic (exact) mass is 155 g/mol. The van der Waals surface area contributed by atoms with Gasteiger partial charge in [-0.1, -0.05) is 5.16 Å². The van der Waals surface area contributed by atoms with Crippen LogP contribution in [0.1, 0.15) is 26.2 Å². The highest BCUT2D eigenvalue weighted by molar-refractivity contribution is 5.98. The minimum atomic E-state index is 0.630. The molecule has 1 aliphatic carbocycles. The number of oxime groups is 1. The molecule has 1 N–H and O–H groups in total. The fourth-order valence-corrected chi connectivity index (χ4v) is 1.14. The molecular weight excluding hydrogens is 142 g/mol. The van der Waals surface area contributed by atoms with Crippen LogP contribution in [-0.2, 0) is 4.74 Å². The Balaban J connectivity index is 2.64. The van der Waals surface area contributed by atoms with E-state index in [1.807, 2.05) is 13.0 Å². The zero-order valence-corrected chi connectivity index (χ0v) is 6.71. The van der Waals surface area contributed by atoms with Crippen molar-refractivity contribution in [3.8, 4) is 0 Å². The lowest BCUT2D eigenvalue weighted by Gasteiger charge is -2.13.